The molecule has 8 nitrogen and oxygen atoms in total. The standard InChI is InChI=1S/C24H21N3O5S/c1-29-19-11-15(12-20(30-2)21(19)31-3)22(28)27-24(33)25-16-9-10-18-17(13-16)26-23(32-18)14-7-5-4-6-8-14/h4-13H,1-3H3,(H2,25,27,28,33). The maximum atomic E-state index is 12.7. The zero-order valence-electron chi connectivity index (χ0n) is 18.2. The van der Waals surface area contributed by atoms with Gasteiger partial charge in [-0.2, -0.15) is 0 Å². The molecule has 0 fully saturated rings. The van der Waals surface area contributed by atoms with E-state index in [1.165, 1.54) is 21.3 Å². The Morgan fingerprint density at radius 2 is 1.64 bits per heavy atom. The van der Waals surface area contributed by atoms with Crippen LogP contribution in [0, 0.1) is 0 Å². The van der Waals surface area contributed by atoms with Gasteiger partial charge in [0.25, 0.3) is 5.91 Å². The first-order valence-electron chi connectivity index (χ1n) is 9.90. The van der Waals surface area contributed by atoms with Gasteiger partial charge in [-0.1, -0.05) is 18.2 Å². The van der Waals surface area contributed by atoms with Crippen LogP contribution < -0.4 is 24.8 Å². The number of aromatic nitrogens is 1. The molecule has 0 spiro atoms. The van der Waals surface area contributed by atoms with Gasteiger partial charge in [0.15, 0.2) is 22.2 Å². The Bertz CT molecular complexity index is 1300. The number of rotatable bonds is 6. The van der Waals surface area contributed by atoms with Crippen molar-refractivity contribution in [2.24, 2.45) is 0 Å². The number of ether oxygens (including phenoxy) is 3. The van der Waals surface area contributed by atoms with E-state index in [0.717, 1.165) is 5.56 Å². The minimum atomic E-state index is -0.430. The summed E-state index contributed by atoms with van der Waals surface area (Å²) in [6.07, 6.45) is 0. The first kappa shape index (κ1) is 22.1. The van der Waals surface area contributed by atoms with E-state index in [-0.39, 0.29) is 5.11 Å². The van der Waals surface area contributed by atoms with E-state index in [1.54, 1.807) is 30.3 Å². The highest BCUT2D eigenvalue weighted by Crippen LogP contribution is 2.38. The smallest absolute Gasteiger partial charge is 0.257 e. The van der Waals surface area contributed by atoms with Gasteiger partial charge in [-0.15, -0.1) is 0 Å². The van der Waals surface area contributed by atoms with Crippen LogP contribution in [-0.2, 0) is 0 Å². The molecular formula is C24H21N3O5S. The Morgan fingerprint density at radius 1 is 0.939 bits per heavy atom. The molecule has 1 aromatic heterocycles. The number of nitrogens with one attached hydrogen (secondary N) is 2. The van der Waals surface area contributed by atoms with E-state index in [4.69, 9.17) is 30.8 Å². The van der Waals surface area contributed by atoms with Crippen molar-refractivity contribution < 1.29 is 23.4 Å². The number of benzene rings is 3. The quantitative estimate of drug-likeness (QED) is 0.399. The van der Waals surface area contributed by atoms with Crippen LogP contribution in [0.4, 0.5) is 5.69 Å². The van der Waals surface area contributed by atoms with Crippen molar-refractivity contribution in [2.45, 2.75) is 0 Å². The fourth-order valence-electron chi connectivity index (χ4n) is 3.26. The maximum Gasteiger partial charge on any atom is 0.257 e. The number of fused-ring (bicyclic) bond motifs is 1. The molecule has 2 N–H and O–H groups in total. The van der Waals surface area contributed by atoms with Crippen LogP contribution in [0.1, 0.15) is 10.4 Å². The van der Waals surface area contributed by atoms with Crippen LogP contribution in [0.2, 0.25) is 0 Å². The second kappa shape index (κ2) is 9.58. The number of thiocarbonyl (C=S) groups is 1. The van der Waals surface area contributed by atoms with Crippen molar-refractivity contribution in [1.82, 2.24) is 10.3 Å². The lowest BCUT2D eigenvalue weighted by Gasteiger charge is -2.14. The highest BCUT2D eigenvalue weighted by molar-refractivity contribution is 7.80. The Hall–Kier alpha value is -4.11. The number of anilines is 1. The molecule has 1 heterocycles. The van der Waals surface area contributed by atoms with Gasteiger partial charge in [-0.3, -0.25) is 10.1 Å². The van der Waals surface area contributed by atoms with Crippen LogP contribution in [0.5, 0.6) is 17.2 Å². The molecule has 0 aliphatic heterocycles. The second-order valence-corrected chi connectivity index (χ2v) is 7.30. The average molecular weight is 464 g/mol. The highest BCUT2D eigenvalue weighted by atomic mass is 32.1. The predicted molar refractivity (Wildman–Crippen MR) is 129 cm³/mol. The number of carbonyl (C=O) groups is 1. The number of hydrogen-bond acceptors (Lipinski definition) is 7. The van der Waals surface area contributed by atoms with Crippen LogP contribution in [-0.4, -0.2) is 37.3 Å². The molecule has 0 saturated carbocycles. The summed E-state index contributed by atoms with van der Waals surface area (Å²) in [6.45, 7) is 0. The fraction of sp³-hybridized carbons (Fsp3) is 0.125. The molecule has 4 rings (SSSR count). The van der Waals surface area contributed by atoms with E-state index < -0.39 is 5.91 Å². The third-order valence-corrected chi connectivity index (χ3v) is 5.02. The molecule has 0 saturated heterocycles. The van der Waals surface area contributed by atoms with Gasteiger partial charge >= 0.3 is 0 Å². The van der Waals surface area contributed by atoms with Gasteiger partial charge in [-0.25, -0.2) is 4.98 Å². The number of amides is 1. The summed E-state index contributed by atoms with van der Waals surface area (Å²) in [4.78, 5) is 17.3. The van der Waals surface area contributed by atoms with Gasteiger partial charge in [0.1, 0.15) is 5.52 Å². The lowest BCUT2D eigenvalue weighted by atomic mass is 10.1. The summed E-state index contributed by atoms with van der Waals surface area (Å²) in [7, 11) is 4.45. The van der Waals surface area contributed by atoms with Gasteiger partial charge in [0, 0.05) is 16.8 Å². The highest BCUT2D eigenvalue weighted by Gasteiger charge is 2.18. The molecule has 3 aromatic carbocycles. The van der Waals surface area contributed by atoms with Crippen LogP contribution in [0.15, 0.2) is 65.1 Å². The van der Waals surface area contributed by atoms with E-state index in [9.17, 15) is 4.79 Å². The van der Waals surface area contributed by atoms with Gasteiger partial charge in [-0.05, 0) is 54.7 Å². The van der Waals surface area contributed by atoms with E-state index in [0.29, 0.717) is 45.5 Å². The normalized spacial score (nSPS) is 10.5. The van der Waals surface area contributed by atoms with E-state index in [2.05, 4.69) is 15.6 Å². The minimum absolute atomic E-state index is 0.125. The first-order valence-corrected chi connectivity index (χ1v) is 10.3. The SMILES string of the molecule is COc1cc(C(=O)NC(=S)Nc2ccc3oc(-c4ccccc4)nc3c2)cc(OC)c1OC. The van der Waals surface area contributed by atoms with Crippen LogP contribution in [0.25, 0.3) is 22.6 Å². The maximum absolute atomic E-state index is 12.7. The number of methoxy groups -OCH3 is 3. The zero-order chi connectivity index (χ0) is 23.4. The Morgan fingerprint density at radius 3 is 2.27 bits per heavy atom. The van der Waals surface area contributed by atoms with Crippen molar-refractivity contribution in [3.63, 3.8) is 0 Å². The summed E-state index contributed by atoms with van der Waals surface area (Å²) >= 11 is 5.31. The molecule has 0 unspecified atom stereocenters. The van der Waals surface area contributed by atoms with Gasteiger partial charge in [0.05, 0.1) is 21.3 Å². The number of carbonyl (C=O) groups excluding carboxylic acids is 1. The number of nitrogens with zero attached hydrogens (tertiary/aromatic N) is 1. The van der Waals surface area contributed by atoms with Crippen molar-refractivity contribution in [3.05, 3.63) is 66.2 Å². The molecule has 0 aliphatic carbocycles. The molecular weight excluding hydrogens is 442 g/mol. The van der Waals surface area contributed by atoms with Gasteiger partial charge < -0.3 is 23.9 Å². The van der Waals surface area contributed by atoms with Gasteiger partial charge in [0.2, 0.25) is 11.6 Å². The molecule has 0 bridgehead atoms. The predicted octanol–water partition coefficient (Wildman–Crippen LogP) is 4.65. The number of hydrogen-bond donors (Lipinski definition) is 2. The monoisotopic (exact) mass is 463 g/mol. The number of oxazole rings is 1. The largest absolute Gasteiger partial charge is 0.493 e. The van der Waals surface area contributed by atoms with E-state index >= 15 is 0 Å². The average Bonchev–Trinajstić information content (AvgIpc) is 3.27. The summed E-state index contributed by atoms with van der Waals surface area (Å²) in [5, 5.41) is 5.77. The molecule has 33 heavy (non-hydrogen) atoms. The summed E-state index contributed by atoms with van der Waals surface area (Å²) in [6, 6.07) is 18.1. The molecule has 0 aliphatic rings. The van der Waals surface area contributed by atoms with Crippen molar-refractivity contribution in [3.8, 4) is 28.7 Å². The fourth-order valence-corrected chi connectivity index (χ4v) is 3.47. The molecule has 0 radical (unpaired) electrons. The summed E-state index contributed by atoms with van der Waals surface area (Å²) < 4.78 is 21.7. The van der Waals surface area contributed by atoms with Crippen LogP contribution in [0.3, 0.4) is 0 Å². The summed E-state index contributed by atoms with van der Waals surface area (Å²) in [5.74, 6) is 1.23. The third kappa shape index (κ3) is 4.73. The third-order valence-electron chi connectivity index (χ3n) is 4.82. The molecule has 0 atom stereocenters. The minimum Gasteiger partial charge on any atom is -0.493 e. The lowest BCUT2D eigenvalue weighted by Crippen LogP contribution is -2.34. The second-order valence-electron chi connectivity index (χ2n) is 6.89. The molecule has 4 aromatic rings. The molecule has 9 heteroatoms. The Labute approximate surface area is 195 Å². The van der Waals surface area contributed by atoms with Crippen molar-refractivity contribution in [2.75, 3.05) is 26.6 Å². The lowest BCUT2D eigenvalue weighted by molar-refractivity contribution is 0.0977. The zero-order valence-corrected chi connectivity index (χ0v) is 19.0. The van der Waals surface area contributed by atoms with Crippen molar-refractivity contribution in [1.29, 1.82) is 0 Å². The molecule has 1 amide bonds. The van der Waals surface area contributed by atoms with Crippen molar-refractivity contribution >= 4 is 40.0 Å². The van der Waals surface area contributed by atoms with E-state index in [1.807, 2.05) is 30.3 Å². The Kier molecular flexibility index (Phi) is 6.41. The molecule has 168 valence electrons. The first-order chi connectivity index (χ1) is 16.0. The topological polar surface area (TPSA) is 94.9 Å². The van der Waals surface area contributed by atoms with Crippen LogP contribution >= 0.6 is 12.2 Å². The summed E-state index contributed by atoms with van der Waals surface area (Å²) in [5.41, 5.74) is 3.15. The Balaban J connectivity index is 1.49.